The highest BCUT2D eigenvalue weighted by molar-refractivity contribution is 7.92. The highest BCUT2D eigenvalue weighted by Gasteiger charge is 2.35. The van der Waals surface area contributed by atoms with Crippen molar-refractivity contribution in [2.24, 2.45) is 0 Å². The molecular weight excluding hydrogens is 1070 g/mol. The van der Waals surface area contributed by atoms with Crippen LogP contribution in [-0.4, -0.2) is 156 Å². The number of fused-ring (bicyclic) bond motifs is 2. The molecule has 0 aliphatic carbocycles. The second-order valence-electron chi connectivity index (χ2n) is 19.8. The highest BCUT2D eigenvalue weighted by atomic mass is 35.5. The standard InChI is InChI=1S/C27H34ClN7O4S.C23H27ClN6O4S.2CH4/c1-40(37,38)31-22-7-6-19(28)15-21(22)27(36)34-10-3-2-5-24(34)23-17-26-29-25(33-8-4-9-33)16-20(35(26)30-23)18-32-11-13-39-14-12-32;1-35(33,34)27-18-7-6-15(24)11-17(18)23(32)29-10-3-2-5-20(29)19-13-22-25-21(28-8-4-9-28)12-16(14-31)30(22)26-19;;/h6-7,15-17,24,31H,2-5,8-14,18H2,1H3;6-7,11-13,20,27,31H,2-5,8-10,14H2,1H3;2*1H4/t24-;20-;;/m00../s1. The molecule has 11 rings (SSSR count). The van der Waals surface area contributed by atoms with E-state index in [1.807, 2.05) is 22.7 Å². The Morgan fingerprint density at radius 2 is 1.05 bits per heavy atom. The van der Waals surface area contributed by atoms with Crippen molar-refractivity contribution in [2.75, 3.05) is 97.3 Å². The molecule has 25 heteroatoms. The number of carbonyl (C=O) groups excluding carboxylic acids is 2. The molecule has 6 aromatic rings. The summed E-state index contributed by atoms with van der Waals surface area (Å²) in [5, 5.41) is 20.4. The number of hydrogen-bond donors (Lipinski definition) is 3. The fourth-order valence-corrected chi connectivity index (χ4v) is 11.8. The van der Waals surface area contributed by atoms with Gasteiger partial charge < -0.3 is 29.4 Å². The third-order valence-corrected chi connectivity index (χ3v) is 15.9. The number of aliphatic hydroxyl groups excluding tert-OH is 1. The SMILES string of the molecule is C.C.CS(=O)(=O)Nc1ccc(Cl)cc1C(=O)N1CCCC[C@H]1c1cc2nc(N3CCC3)cc(CN3CCOCC3)n2n1.CS(=O)(=O)Nc1ccc(Cl)cc1C(=O)N1CCCC[C@H]1c1cc2nc(N3CCC3)cc(CO)n2n1. The Morgan fingerprint density at radius 3 is 1.47 bits per heavy atom. The molecule has 3 N–H and O–H groups in total. The first-order chi connectivity index (χ1) is 36.0. The topological polar surface area (TPSA) is 233 Å². The number of aromatic nitrogens is 6. The van der Waals surface area contributed by atoms with E-state index in [0.717, 1.165) is 145 Å². The number of likely N-dealkylation sites (tertiary alicyclic amines) is 2. The van der Waals surface area contributed by atoms with Gasteiger partial charge in [-0.3, -0.25) is 23.9 Å². The Hall–Kier alpha value is -5.82. The van der Waals surface area contributed by atoms with Gasteiger partial charge in [0.05, 0.1) is 89.7 Å². The van der Waals surface area contributed by atoms with Crippen LogP contribution >= 0.6 is 23.2 Å². The fraction of sp³-hybridized carbons (Fsp3) is 0.500. The zero-order valence-electron chi connectivity index (χ0n) is 41.9. The van der Waals surface area contributed by atoms with Gasteiger partial charge in [0.25, 0.3) is 11.8 Å². The van der Waals surface area contributed by atoms with E-state index in [0.29, 0.717) is 46.6 Å². The summed E-state index contributed by atoms with van der Waals surface area (Å²) in [7, 11) is -7.18. The van der Waals surface area contributed by atoms with E-state index < -0.39 is 20.0 Å². The molecule has 9 heterocycles. The maximum atomic E-state index is 13.9. The first kappa shape index (κ1) is 57.4. The van der Waals surface area contributed by atoms with Crippen molar-refractivity contribution in [1.82, 2.24) is 43.9 Å². The summed E-state index contributed by atoms with van der Waals surface area (Å²) in [6, 6.07) is 16.4. The molecule has 0 spiro atoms. The first-order valence-corrected chi connectivity index (χ1v) is 29.9. The maximum absolute atomic E-state index is 13.9. The smallest absolute Gasteiger partial charge is 0.256 e. The van der Waals surface area contributed by atoms with Crippen molar-refractivity contribution in [2.45, 2.75) is 91.5 Å². The summed E-state index contributed by atoms with van der Waals surface area (Å²) in [5.74, 6) is 1.17. The van der Waals surface area contributed by atoms with Gasteiger partial charge in [-0.25, -0.2) is 35.8 Å². The maximum Gasteiger partial charge on any atom is 0.256 e. The molecule has 416 valence electrons. The van der Waals surface area contributed by atoms with Crippen LogP contribution in [0.2, 0.25) is 10.0 Å². The minimum absolute atomic E-state index is 0. The van der Waals surface area contributed by atoms with E-state index in [1.54, 1.807) is 26.4 Å². The average molecular weight is 1140 g/mol. The minimum Gasteiger partial charge on any atom is -0.390 e. The van der Waals surface area contributed by atoms with Crippen molar-refractivity contribution in [3.05, 3.63) is 105 Å². The zero-order chi connectivity index (χ0) is 52.6. The second-order valence-corrected chi connectivity index (χ2v) is 24.1. The highest BCUT2D eigenvalue weighted by Crippen LogP contribution is 2.37. The minimum atomic E-state index is -3.59. The molecule has 5 aliphatic rings. The van der Waals surface area contributed by atoms with E-state index in [4.69, 9.17) is 48.1 Å². The lowest BCUT2D eigenvalue weighted by Crippen LogP contribution is -2.39. The molecule has 2 atom stereocenters. The van der Waals surface area contributed by atoms with Gasteiger partial charge in [0.1, 0.15) is 11.6 Å². The van der Waals surface area contributed by atoms with Crippen LogP contribution in [0, 0.1) is 0 Å². The van der Waals surface area contributed by atoms with E-state index in [9.17, 15) is 31.5 Å². The largest absolute Gasteiger partial charge is 0.390 e. The molecule has 0 unspecified atom stereocenters. The van der Waals surface area contributed by atoms with E-state index in [-0.39, 0.29) is 67.9 Å². The molecule has 2 aromatic carbocycles. The molecular formula is C52H69Cl2N13O8S2. The number of morpholine rings is 1. The third-order valence-electron chi connectivity index (χ3n) is 14.2. The van der Waals surface area contributed by atoms with Gasteiger partial charge in [0.15, 0.2) is 11.3 Å². The zero-order valence-corrected chi connectivity index (χ0v) is 45.0. The quantitative estimate of drug-likeness (QED) is 0.103. The van der Waals surface area contributed by atoms with Gasteiger partial charge in [-0.1, -0.05) is 38.1 Å². The van der Waals surface area contributed by atoms with Crippen LogP contribution in [0.15, 0.2) is 60.7 Å². The van der Waals surface area contributed by atoms with Crippen molar-refractivity contribution in [3.8, 4) is 0 Å². The van der Waals surface area contributed by atoms with E-state index >= 15 is 0 Å². The molecule has 0 saturated carbocycles. The number of ether oxygens (including phenoxy) is 1. The average Bonchev–Trinajstić information content (AvgIpc) is 4.00. The van der Waals surface area contributed by atoms with Crippen LogP contribution in [0.1, 0.15) is 122 Å². The predicted molar refractivity (Wildman–Crippen MR) is 300 cm³/mol. The molecule has 2 amide bonds. The van der Waals surface area contributed by atoms with Crippen LogP contribution in [0.3, 0.4) is 0 Å². The number of amides is 2. The van der Waals surface area contributed by atoms with Crippen molar-refractivity contribution >= 4 is 89.4 Å². The van der Waals surface area contributed by atoms with Gasteiger partial charge in [-0.15, -0.1) is 0 Å². The van der Waals surface area contributed by atoms with Gasteiger partial charge in [-0.2, -0.15) is 10.2 Å². The van der Waals surface area contributed by atoms with Gasteiger partial charge >= 0.3 is 0 Å². The summed E-state index contributed by atoms with van der Waals surface area (Å²) in [6.07, 6.45) is 9.39. The number of carbonyl (C=O) groups is 2. The molecule has 77 heavy (non-hydrogen) atoms. The molecule has 0 radical (unpaired) electrons. The van der Waals surface area contributed by atoms with Crippen LogP contribution in [0.25, 0.3) is 11.3 Å². The predicted octanol–water partition coefficient (Wildman–Crippen LogP) is 7.26. The Labute approximate surface area is 460 Å². The lowest BCUT2D eigenvalue weighted by molar-refractivity contribution is 0.0333. The number of aliphatic hydroxyl groups is 1. The number of hydrogen-bond acceptors (Lipinski definition) is 15. The number of anilines is 4. The second kappa shape index (κ2) is 24.0. The summed E-state index contributed by atoms with van der Waals surface area (Å²) in [4.78, 5) is 47.6. The Kier molecular flexibility index (Phi) is 17.9. The van der Waals surface area contributed by atoms with Gasteiger partial charge in [0.2, 0.25) is 20.0 Å². The summed E-state index contributed by atoms with van der Waals surface area (Å²) in [6.45, 7) is 8.62. The van der Waals surface area contributed by atoms with Crippen LogP contribution in [-0.2, 0) is 37.9 Å². The van der Waals surface area contributed by atoms with Crippen molar-refractivity contribution in [3.63, 3.8) is 0 Å². The monoisotopic (exact) mass is 1140 g/mol. The lowest BCUT2D eigenvalue weighted by atomic mass is 9.98. The van der Waals surface area contributed by atoms with Crippen LogP contribution in [0.4, 0.5) is 23.0 Å². The first-order valence-electron chi connectivity index (χ1n) is 25.4. The number of halogens is 2. The normalized spacial score (nSPS) is 19.1. The van der Waals surface area contributed by atoms with Crippen molar-refractivity contribution < 1.29 is 36.3 Å². The summed E-state index contributed by atoms with van der Waals surface area (Å²) in [5.41, 5.74) is 5.35. The molecule has 5 fully saturated rings. The Balaban J connectivity index is 0.000000200. The summed E-state index contributed by atoms with van der Waals surface area (Å²) < 4.78 is 61.7. The Morgan fingerprint density at radius 1 is 0.610 bits per heavy atom. The number of nitrogens with zero attached hydrogens (tertiary/aromatic N) is 11. The molecule has 5 saturated heterocycles. The Bertz CT molecular complexity index is 3350. The molecule has 21 nitrogen and oxygen atoms in total. The number of sulfonamides is 2. The van der Waals surface area contributed by atoms with Gasteiger partial charge in [-0.05, 0) is 87.8 Å². The lowest BCUT2D eigenvalue weighted by Gasteiger charge is -2.35. The van der Waals surface area contributed by atoms with E-state index in [2.05, 4.69) is 30.2 Å². The number of piperidine rings is 2. The third kappa shape index (κ3) is 13.0. The number of benzene rings is 2. The molecule has 4 aromatic heterocycles. The fourth-order valence-electron chi connectivity index (χ4n) is 10.3. The number of nitrogens with one attached hydrogen (secondary N) is 2. The molecule has 5 aliphatic heterocycles. The van der Waals surface area contributed by atoms with Crippen molar-refractivity contribution in [1.29, 1.82) is 0 Å². The van der Waals surface area contributed by atoms with Crippen LogP contribution < -0.4 is 19.2 Å². The van der Waals surface area contributed by atoms with Gasteiger partial charge in [0, 0.05) is 93.2 Å². The van der Waals surface area contributed by atoms with Crippen LogP contribution in [0.5, 0.6) is 0 Å². The molecule has 0 bridgehead atoms. The number of rotatable bonds is 13. The van der Waals surface area contributed by atoms with E-state index in [1.165, 1.54) is 24.3 Å². The summed E-state index contributed by atoms with van der Waals surface area (Å²) >= 11 is 12.4.